The van der Waals surface area contributed by atoms with Crippen molar-refractivity contribution in [2.24, 2.45) is 0 Å². The minimum Gasteiger partial charge on any atom is -0.309 e. The highest BCUT2D eigenvalue weighted by Crippen LogP contribution is 2.40. The number of hydrogen-bond donors (Lipinski definition) is 0. The smallest absolute Gasteiger partial charge is 0.181 e. The minimum absolute atomic E-state index is 1.14. The molecule has 0 aliphatic rings. The Kier molecular flexibility index (Phi) is 8.87. The fourth-order valence-electron chi connectivity index (χ4n) is 10.4. The van der Waals surface area contributed by atoms with Crippen LogP contribution in [-0.2, 0) is 0 Å². The molecule has 2 aromatic heterocycles. The molecule has 0 aliphatic carbocycles. The highest BCUT2D eigenvalue weighted by atomic mass is 28.3. The molecule has 2 heterocycles. The molecule has 63 heavy (non-hydrogen) atoms. The van der Waals surface area contributed by atoms with Crippen molar-refractivity contribution in [3.63, 3.8) is 0 Å². The van der Waals surface area contributed by atoms with E-state index in [1.165, 1.54) is 92.3 Å². The second kappa shape index (κ2) is 15.2. The molecule has 10 aromatic carbocycles. The van der Waals surface area contributed by atoms with Gasteiger partial charge in [-0.15, -0.1) is 0 Å². The predicted molar refractivity (Wildman–Crippen MR) is 270 cm³/mol. The number of hydrogen-bond acceptors (Lipinski definition) is 0. The first-order valence-corrected chi connectivity index (χ1v) is 23.8. The zero-order valence-electron chi connectivity index (χ0n) is 34.6. The van der Waals surface area contributed by atoms with Crippen LogP contribution in [0.15, 0.2) is 255 Å². The van der Waals surface area contributed by atoms with Gasteiger partial charge in [0.15, 0.2) is 8.07 Å². The third-order valence-electron chi connectivity index (χ3n) is 13.1. The van der Waals surface area contributed by atoms with Crippen LogP contribution in [-0.4, -0.2) is 17.2 Å². The first-order valence-electron chi connectivity index (χ1n) is 21.8. The van der Waals surface area contributed by atoms with Crippen LogP contribution in [0.25, 0.3) is 77.2 Å². The molecule has 12 rings (SSSR count). The van der Waals surface area contributed by atoms with Crippen molar-refractivity contribution in [3.05, 3.63) is 255 Å². The Morgan fingerprint density at radius 3 is 1.44 bits per heavy atom. The normalized spacial score (nSPS) is 11.8. The number of rotatable bonds is 8. The van der Waals surface area contributed by atoms with Gasteiger partial charge in [-0.1, -0.05) is 212 Å². The van der Waals surface area contributed by atoms with Crippen LogP contribution in [0.1, 0.15) is 0 Å². The lowest BCUT2D eigenvalue weighted by atomic mass is 10.0. The summed E-state index contributed by atoms with van der Waals surface area (Å²) in [6, 6.07) is 94.3. The molecule has 0 atom stereocenters. The standard InChI is InChI=1S/C60H42N2Si/c1-6-21-43(22-7-1)45-37-39-57-53(41-45)52-33-20-36-59(63(47-25-10-3-11-26-47,48-27-12-4-13-28-48)49-29-14-5-15-30-49)60(52)61(57)46-38-40-58-54(42-46)51-32-17-19-35-56(51)62(58)55-34-18-16-31-50(55)44-23-8-2-9-24-44/h1-42H. The average Bonchev–Trinajstić information content (AvgIpc) is 3.88. The quantitative estimate of drug-likeness (QED) is 0.107. The minimum atomic E-state index is -2.97. The number of para-hydroxylation sites is 3. The molecule has 0 saturated heterocycles. The summed E-state index contributed by atoms with van der Waals surface area (Å²) in [5, 5.41) is 10.4. The predicted octanol–water partition coefficient (Wildman–Crippen LogP) is 12.6. The summed E-state index contributed by atoms with van der Waals surface area (Å²) in [6.45, 7) is 0. The van der Waals surface area contributed by atoms with Crippen molar-refractivity contribution in [2.45, 2.75) is 0 Å². The van der Waals surface area contributed by atoms with Crippen LogP contribution in [0.5, 0.6) is 0 Å². The van der Waals surface area contributed by atoms with E-state index in [2.05, 4.69) is 264 Å². The van der Waals surface area contributed by atoms with Gasteiger partial charge in [-0.3, -0.25) is 0 Å². The molecule has 0 aliphatic heterocycles. The summed E-state index contributed by atoms with van der Waals surface area (Å²) in [4.78, 5) is 0. The maximum atomic E-state index is 2.58. The Bertz CT molecular complexity index is 3500. The molecule has 0 amide bonds. The van der Waals surface area contributed by atoms with Gasteiger partial charge in [0.05, 0.1) is 27.8 Å². The summed E-state index contributed by atoms with van der Waals surface area (Å²) in [6.07, 6.45) is 0. The van der Waals surface area contributed by atoms with E-state index in [1.54, 1.807) is 0 Å². The molecule has 0 unspecified atom stereocenters. The molecular formula is C60H42N2Si. The van der Waals surface area contributed by atoms with E-state index >= 15 is 0 Å². The van der Waals surface area contributed by atoms with Crippen molar-refractivity contribution in [2.75, 3.05) is 0 Å². The summed E-state index contributed by atoms with van der Waals surface area (Å²) < 4.78 is 5.03. The number of benzene rings is 10. The lowest BCUT2D eigenvalue weighted by Crippen LogP contribution is -2.75. The van der Waals surface area contributed by atoms with E-state index in [1.807, 2.05) is 0 Å². The molecule has 0 fully saturated rings. The Balaban J connectivity index is 1.21. The molecule has 0 N–H and O–H groups in total. The topological polar surface area (TPSA) is 9.86 Å². The van der Waals surface area contributed by atoms with Crippen molar-refractivity contribution in [1.82, 2.24) is 9.13 Å². The Morgan fingerprint density at radius 1 is 0.286 bits per heavy atom. The van der Waals surface area contributed by atoms with Gasteiger partial charge >= 0.3 is 0 Å². The zero-order valence-corrected chi connectivity index (χ0v) is 35.6. The molecule has 0 saturated carbocycles. The zero-order chi connectivity index (χ0) is 41.7. The van der Waals surface area contributed by atoms with Crippen LogP contribution in [0.2, 0.25) is 0 Å². The van der Waals surface area contributed by atoms with Crippen LogP contribution >= 0.6 is 0 Å². The Morgan fingerprint density at radius 2 is 0.778 bits per heavy atom. The molecule has 0 bridgehead atoms. The van der Waals surface area contributed by atoms with Gasteiger partial charge in [0.1, 0.15) is 0 Å². The van der Waals surface area contributed by atoms with Crippen molar-refractivity contribution in [1.29, 1.82) is 0 Å². The van der Waals surface area contributed by atoms with Crippen LogP contribution in [0, 0.1) is 0 Å². The Hall–Kier alpha value is -7.98. The van der Waals surface area contributed by atoms with Gasteiger partial charge in [-0.25, -0.2) is 0 Å². The molecule has 0 spiro atoms. The van der Waals surface area contributed by atoms with Gasteiger partial charge in [0.2, 0.25) is 0 Å². The SMILES string of the molecule is c1ccc(-c2ccc3c(c2)c2cccc([Si](c4ccccc4)(c4ccccc4)c4ccccc4)c2n3-c2ccc3c(c2)c2ccccc2n3-c2ccccc2-c2ccccc2)cc1. The first-order chi connectivity index (χ1) is 31.3. The van der Waals surface area contributed by atoms with E-state index in [4.69, 9.17) is 0 Å². The van der Waals surface area contributed by atoms with E-state index < -0.39 is 8.07 Å². The van der Waals surface area contributed by atoms with Gasteiger partial charge in [0.25, 0.3) is 0 Å². The van der Waals surface area contributed by atoms with Crippen LogP contribution < -0.4 is 20.7 Å². The third-order valence-corrected chi connectivity index (χ3v) is 17.9. The second-order valence-corrected chi connectivity index (χ2v) is 20.2. The largest absolute Gasteiger partial charge is 0.309 e. The number of nitrogens with zero attached hydrogens (tertiary/aromatic N) is 2. The molecule has 0 radical (unpaired) electrons. The number of aromatic nitrogens is 2. The van der Waals surface area contributed by atoms with E-state index in [-0.39, 0.29) is 0 Å². The number of fused-ring (bicyclic) bond motifs is 6. The molecule has 12 aromatic rings. The first kappa shape index (κ1) is 36.8. The summed E-state index contributed by atoms with van der Waals surface area (Å²) in [5.74, 6) is 0. The highest BCUT2D eigenvalue weighted by Gasteiger charge is 2.43. The fourth-order valence-corrected chi connectivity index (χ4v) is 15.3. The molecular weight excluding hydrogens is 777 g/mol. The van der Waals surface area contributed by atoms with E-state index in [0.717, 1.165) is 5.69 Å². The van der Waals surface area contributed by atoms with Gasteiger partial charge in [-0.05, 0) is 79.9 Å². The lowest BCUT2D eigenvalue weighted by molar-refractivity contribution is 1.17. The lowest BCUT2D eigenvalue weighted by Gasteiger charge is -2.35. The maximum absolute atomic E-state index is 2.97. The average molecular weight is 819 g/mol. The van der Waals surface area contributed by atoms with Gasteiger partial charge < -0.3 is 9.13 Å². The van der Waals surface area contributed by atoms with Gasteiger partial charge in [0, 0.05) is 32.8 Å². The maximum Gasteiger partial charge on any atom is 0.181 e. The van der Waals surface area contributed by atoms with Crippen molar-refractivity contribution < 1.29 is 0 Å². The third kappa shape index (κ3) is 5.85. The van der Waals surface area contributed by atoms with Gasteiger partial charge in [-0.2, -0.15) is 0 Å². The monoisotopic (exact) mass is 818 g/mol. The Labute approximate surface area is 368 Å². The second-order valence-electron chi connectivity index (χ2n) is 16.4. The van der Waals surface area contributed by atoms with Crippen LogP contribution in [0.4, 0.5) is 0 Å². The highest BCUT2D eigenvalue weighted by molar-refractivity contribution is 7.20. The fraction of sp³-hybridized carbons (Fsp3) is 0. The summed E-state index contributed by atoms with van der Waals surface area (Å²) in [5.41, 5.74) is 11.9. The molecule has 296 valence electrons. The summed E-state index contributed by atoms with van der Waals surface area (Å²) >= 11 is 0. The van der Waals surface area contributed by atoms with E-state index in [0.29, 0.717) is 0 Å². The summed E-state index contributed by atoms with van der Waals surface area (Å²) in [7, 11) is -2.97. The van der Waals surface area contributed by atoms with Crippen LogP contribution in [0.3, 0.4) is 0 Å². The van der Waals surface area contributed by atoms with Crippen molar-refractivity contribution >= 4 is 72.4 Å². The molecule has 2 nitrogen and oxygen atoms in total. The van der Waals surface area contributed by atoms with Crippen molar-refractivity contribution in [3.8, 4) is 33.6 Å². The molecule has 3 heteroatoms. The van der Waals surface area contributed by atoms with E-state index in [9.17, 15) is 0 Å².